The quantitative estimate of drug-likeness (QED) is 0.620. The Morgan fingerprint density at radius 3 is 2.57 bits per heavy atom. The Hall–Kier alpha value is -2.51. The standard InChI is InChI=1S/C16H17N3O3S/c1-13-6-5-7-14(10-13)11-17-19-16(20)12-18-23(21,22)15-8-3-2-4-9-15/h2-11,18H,12H2,1H3,(H,19,20)/b17-11-. The number of nitrogens with zero attached hydrogens (tertiary/aromatic N) is 1. The number of hydrogen-bond acceptors (Lipinski definition) is 4. The van der Waals surface area contributed by atoms with Crippen LogP contribution in [0.3, 0.4) is 0 Å². The van der Waals surface area contributed by atoms with Gasteiger partial charge in [-0.2, -0.15) is 5.10 Å². The van der Waals surface area contributed by atoms with Crippen LogP contribution in [0, 0.1) is 6.92 Å². The first-order valence-corrected chi connectivity index (χ1v) is 8.39. The van der Waals surface area contributed by atoms with Gasteiger partial charge >= 0.3 is 0 Å². The molecule has 23 heavy (non-hydrogen) atoms. The van der Waals surface area contributed by atoms with Gasteiger partial charge in [0.05, 0.1) is 17.7 Å². The van der Waals surface area contributed by atoms with Crippen molar-refractivity contribution in [2.45, 2.75) is 11.8 Å². The first-order chi connectivity index (χ1) is 11.0. The van der Waals surface area contributed by atoms with Crippen LogP contribution in [0.25, 0.3) is 0 Å². The van der Waals surface area contributed by atoms with Gasteiger partial charge in [-0.05, 0) is 24.6 Å². The average Bonchev–Trinajstić information content (AvgIpc) is 2.54. The molecule has 120 valence electrons. The third-order valence-electron chi connectivity index (χ3n) is 2.92. The van der Waals surface area contributed by atoms with Crippen LogP contribution in [0.4, 0.5) is 0 Å². The molecule has 0 saturated heterocycles. The molecular weight excluding hydrogens is 314 g/mol. The zero-order chi connectivity index (χ0) is 16.7. The molecule has 0 atom stereocenters. The number of benzene rings is 2. The third kappa shape index (κ3) is 5.32. The summed E-state index contributed by atoms with van der Waals surface area (Å²) in [6, 6.07) is 15.4. The fourth-order valence-corrected chi connectivity index (χ4v) is 2.82. The molecule has 6 nitrogen and oxygen atoms in total. The van der Waals surface area contributed by atoms with Gasteiger partial charge in [0, 0.05) is 0 Å². The number of carbonyl (C=O) groups excluding carboxylic acids is 1. The third-order valence-corrected chi connectivity index (χ3v) is 4.34. The zero-order valence-electron chi connectivity index (χ0n) is 12.6. The van der Waals surface area contributed by atoms with Crippen LogP contribution in [0.15, 0.2) is 64.6 Å². The van der Waals surface area contributed by atoms with E-state index in [1.807, 2.05) is 31.2 Å². The Bertz CT molecular complexity index is 802. The van der Waals surface area contributed by atoms with Gasteiger partial charge in [0.25, 0.3) is 5.91 Å². The minimum Gasteiger partial charge on any atom is -0.272 e. The maximum atomic E-state index is 11.9. The van der Waals surface area contributed by atoms with Crippen LogP contribution in [0.2, 0.25) is 0 Å². The van der Waals surface area contributed by atoms with Gasteiger partial charge in [-0.25, -0.2) is 18.6 Å². The summed E-state index contributed by atoms with van der Waals surface area (Å²) in [6.07, 6.45) is 1.50. The molecule has 0 aliphatic heterocycles. The van der Waals surface area contributed by atoms with Crippen molar-refractivity contribution in [1.82, 2.24) is 10.1 Å². The number of hydrogen-bond donors (Lipinski definition) is 2. The van der Waals surface area contributed by atoms with Crippen molar-refractivity contribution in [2.75, 3.05) is 6.54 Å². The van der Waals surface area contributed by atoms with Crippen LogP contribution >= 0.6 is 0 Å². The van der Waals surface area contributed by atoms with Gasteiger partial charge in [-0.3, -0.25) is 4.79 Å². The summed E-state index contributed by atoms with van der Waals surface area (Å²) in [5.74, 6) is -0.548. The molecule has 2 rings (SSSR count). The lowest BCUT2D eigenvalue weighted by Gasteiger charge is -2.05. The highest BCUT2D eigenvalue weighted by Crippen LogP contribution is 2.06. The van der Waals surface area contributed by atoms with E-state index in [-0.39, 0.29) is 11.4 Å². The van der Waals surface area contributed by atoms with Crippen molar-refractivity contribution < 1.29 is 13.2 Å². The number of amides is 1. The van der Waals surface area contributed by atoms with Crippen molar-refractivity contribution in [3.63, 3.8) is 0 Å². The van der Waals surface area contributed by atoms with Crippen molar-refractivity contribution in [3.8, 4) is 0 Å². The van der Waals surface area contributed by atoms with Gasteiger partial charge in [0.1, 0.15) is 0 Å². The predicted molar refractivity (Wildman–Crippen MR) is 88.5 cm³/mol. The summed E-state index contributed by atoms with van der Waals surface area (Å²) in [6.45, 7) is 1.57. The Balaban J connectivity index is 1.86. The number of hydrazone groups is 1. The summed E-state index contributed by atoms with van der Waals surface area (Å²) < 4.78 is 26.1. The number of sulfonamides is 1. The first-order valence-electron chi connectivity index (χ1n) is 6.91. The van der Waals surface area contributed by atoms with E-state index in [1.54, 1.807) is 18.2 Å². The number of aryl methyl sites for hydroxylation is 1. The Labute approximate surface area is 135 Å². The van der Waals surface area contributed by atoms with Gasteiger partial charge in [-0.15, -0.1) is 0 Å². The fourth-order valence-electron chi connectivity index (χ4n) is 1.81. The second-order valence-electron chi connectivity index (χ2n) is 4.84. The lowest BCUT2D eigenvalue weighted by Crippen LogP contribution is -2.34. The van der Waals surface area contributed by atoms with Gasteiger partial charge in [0.2, 0.25) is 10.0 Å². The summed E-state index contributed by atoms with van der Waals surface area (Å²) in [7, 11) is -3.70. The smallest absolute Gasteiger partial charge is 0.255 e. The minimum atomic E-state index is -3.70. The first kappa shape index (κ1) is 16.9. The van der Waals surface area contributed by atoms with E-state index in [4.69, 9.17) is 0 Å². The summed E-state index contributed by atoms with van der Waals surface area (Å²) in [5, 5.41) is 3.80. The fraction of sp³-hybridized carbons (Fsp3) is 0.125. The molecule has 0 radical (unpaired) electrons. The molecule has 2 aromatic rings. The molecule has 1 amide bonds. The van der Waals surface area contributed by atoms with E-state index in [0.717, 1.165) is 11.1 Å². The molecule has 2 N–H and O–H groups in total. The molecule has 0 aromatic heterocycles. The van der Waals surface area contributed by atoms with Crippen LogP contribution in [-0.4, -0.2) is 27.1 Å². The summed E-state index contributed by atoms with van der Waals surface area (Å²) in [4.78, 5) is 11.7. The molecule has 0 spiro atoms. The second-order valence-corrected chi connectivity index (χ2v) is 6.61. The van der Waals surface area contributed by atoms with Crippen molar-refractivity contribution >= 4 is 22.1 Å². The number of rotatable bonds is 6. The molecule has 0 aliphatic rings. The highest BCUT2D eigenvalue weighted by Gasteiger charge is 2.14. The average molecular weight is 331 g/mol. The van der Waals surface area contributed by atoms with E-state index >= 15 is 0 Å². The van der Waals surface area contributed by atoms with Crippen LogP contribution in [0.1, 0.15) is 11.1 Å². The van der Waals surface area contributed by atoms with E-state index < -0.39 is 15.9 Å². The van der Waals surface area contributed by atoms with E-state index in [2.05, 4.69) is 15.2 Å². The largest absolute Gasteiger partial charge is 0.272 e. The highest BCUT2D eigenvalue weighted by atomic mass is 32.2. The normalized spacial score (nSPS) is 11.5. The molecule has 0 heterocycles. The monoisotopic (exact) mass is 331 g/mol. The van der Waals surface area contributed by atoms with Crippen molar-refractivity contribution in [3.05, 3.63) is 65.7 Å². The molecule has 2 aromatic carbocycles. The summed E-state index contributed by atoms with van der Waals surface area (Å²) >= 11 is 0. The molecule has 7 heteroatoms. The maximum Gasteiger partial charge on any atom is 0.255 e. The molecule has 0 aliphatic carbocycles. The lowest BCUT2D eigenvalue weighted by molar-refractivity contribution is -0.119. The number of nitrogens with one attached hydrogen (secondary N) is 2. The zero-order valence-corrected chi connectivity index (χ0v) is 13.4. The lowest BCUT2D eigenvalue weighted by atomic mass is 10.2. The van der Waals surface area contributed by atoms with E-state index in [0.29, 0.717) is 0 Å². The van der Waals surface area contributed by atoms with Crippen LogP contribution in [0.5, 0.6) is 0 Å². The SMILES string of the molecule is Cc1cccc(/C=N\NC(=O)CNS(=O)(=O)c2ccccc2)c1. The molecule has 0 bridgehead atoms. The Morgan fingerprint density at radius 1 is 1.13 bits per heavy atom. The van der Waals surface area contributed by atoms with Crippen molar-refractivity contribution in [1.29, 1.82) is 0 Å². The minimum absolute atomic E-state index is 0.107. The van der Waals surface area contributed by atoms with Crippen LogP contribution in [-0.2, 0) is 14.8 Å². The Kier molecular flexibility index (Phi) is 5.61. The Morgan fingerprint density at radius 2 is 1.87 bits per heavy atom. The maximum absolute atomic E-state index is 11.9. The van der Waals surface area contributed by atoms with Crippen molar-refractivity contribution in [2.24, 2.45) is 5.10 Å². The van der Waals surface area contributed by atoms with Gasteiger partial charge in [-0.1, -0.05) is 48.0 Å². The number of carbonyl (C=O) groups is 1. The topological polar surface area (TPSA) is 87.6 Å². The second kappa shape index (κ2) is 7.66. The predicted octanol–water partition coefficient (Wildman–Crippen LogP) is 1.42. The molecule has 0 unspecified atom stereocenters. The van der Waals surface area contributed by atoms with E-state index in [1.165, 1.54) is 18.3 Å². The highest BCUT2D eigenvalue weighted by molar-refractivity contribution is 7.89. The summed E-state index contributed by atoms with van der Waals surface area (Å²) in [5.41, 5.74) is 4.20. The van der Waals surface area contributed by atoms with Crippen LogP contribution < -0.4 is 10.1 Å². The van der Waals surface area contributed by atoms with Gasteiger partial charge in [0.15, 0.2) is 0 Å². The molecular formula is C16H17N3O3S. The molecule has 0 saturated carbocycles. The molecule has 0 fully saturated rings. The van der Waals surface area contributed by atoms with Gasteiger partial charge < -0.3 is 0 Å². The van der Waals surface area contributed by atoms with E-state index in [9.17, 15) is 13.2 Å².